The fourth-order valence-corrected chi connectivity index (χ4v) is 2.89. The van der Waals surface area contributed by atoms with Crippen LogP contribution in [0, 0.1) is 12.3 Å². The van der Waals surface area contributed by atoms with Crippen molar-refractivity contribution in [3.05, 3.63) is 23.2 Å². The number of rotatable bonds is 3. The van der Waals surface area contributed by atoms with E-state index in [-0.39, 0.29) is 22.2 Å². The minimum absolute atomic E-state index is 0.0648. The van der Waals surface area contributed by atoms with Crippen LogP contribution in [0.15, 0.2) is 10.5 Å². The molecule has 106 valence electrons. The largest absolute Gasteiger partial charge is 0.466 e. The molecule has 2 unspecified atom stereocenters. The molecular formula is C15H22BrNO2. The molecule has 2 rings (SSSR count). The number of alkyl halides is 1. The number of hydrogen-bond acceptors (Lipinski definition) is 2. The second-order valence-electron chi connectivity index (χ2n) is 6.22. The first-order valence-corrected chi connectivity index (χ1v) is 7.77. The number of furan rings is 1. The third kappa shape index (κ3) is 3.22. The number of carbonyl (C=O) groups excluding carboxylic acids is 1. The van der Waals surface area contributed by atoms with Crippen LogP contribution in [0.5, 0.6) is 0 Å². The molecule has 1 aliphatic rings. The molecule has 1 amide bonds. The summed E-state index contributed by atoms with van der Waals surface area (Å²) >= 11 is 3.41. The van der Waals surface area contributed by atoms with Crippen molar-refractivity contribution in [2.75, 3.05) is 0 Å². The molecule has 19 heavy (non-hydrogen) atoms. The second-order valence-corrected chi connectivity index (χ2v) is 7.32. The van der Waals surface area contributed by atoms with E-state index in [1.165, 1.54) is 0 Å². The maximum absolute atomic E-state index is 12.1. The van der Waals surface area contributed by atoms with Gasteiger partial charge in [0.25, 0.3) is 0 Å². The van der Waals surface area contributed by atoms with Crippen LogP contribution in [-0.2, 0) is 11.2 Å². The molecule has 0 radical (unpaired) electrons. The second kappa shape index (κ2) is 5.31. The first-order chi connectivity index (χ1) is 8.82. The summed E-state index contributed by atoms with van der Waals surface area (Å²) in [6, 6.07) is 2.13. The quantitative estimate of drug-likeness (QED) is 0.856. The van der Waals surface area contributed by atoms with E-state index in [1.807, 2.05) is 13.8 Å². The summed E-state index contributed by atoms with van der Waals surface area (Å²) in [4.78, 5) is 12.0. The van der Waals surface area contributed by atoms with Crippen molar-refractivity contribution in [1.82, 2.24) is 5.32 Å². The Labute approximate surface area is 123 Å². The maximum Gasteiger partial charge on any atom is 0.234 e. The summed E-state index contributed by atoms with van der Waals surface area (Å²) in [5.74, 6) is 2.02. The van der Waals surface area contributed by atoms with Crippen LogP contribution in [0.4, 0.5) is 0 Å². The van der Waals surface area contributed by atoms with Crippen molar-refractivity contribution >= 4 is 21.8 Å². The highest BCUT2D eigenvalue weighted by Crippen LogP contribution is 2.42. The van der Waals surface area contributed by atoms with Gasteiger partial charge in [-0.15, -0.1) is 0 Å². The third-order valence-corrected chi connectivity index (χ3v) is 4.76. The minimum atomic E-state index is -0.117. The fourth-order valence-electron chi connectivity index (χ4n) is 2.76. The zero-order valence-corrected chi connectivity index (χ0v) is 13.6. The van der Waals surface area contributed by atoms with Crippen molar-refractivity contribution in [3.63, 3.8) is 0 Å². The Morgan fingerprint density at radius 2 is 2.32 bits per heavy atom. The van der Waals surface area contributed by atoms with E-state index < -0.39 is 0 Å². The molecule has 1 aliphatic carbocycles. The molecule has 1 aromatic rings. The molecule has 0 saturated carbocycles. The summed E-state index contributed by atoms with van der Waals surface area (Å²) in [6.45, 7) is 8.40. The standard InChI is InChI=1S/C15H22BrNO2/c1-5-11(16)14(18)17-12-7-15(3,4)8-13-10(12)6-9(2)19-13/h6,11-12H,5,7-8H2,1-4H3,(H,17,18). The van der Waals surface area contributed by atoms with Gasteiger partial charge in [0.05, 0.1) is 10.9 Å². The van der Waals surface area contributed by atoms with Gasteiger partial charge in [-0.3, -0.25) is 4.79 Å². The zero-order valence-electron chi connectivity index (χ0n) is 12.0. The third-order valence-electron chi connectivity index (χ3n) is 3.70. The minimum Gasteiger partial charge on any atom is -0.466 e. The predicted molar refractivity (Wildman–Crippen MR) is 79.4 cm³/mol. The molecular weight excluding hydrogens is 306 g/mol. The van der Waals surface area contributed by atoms with Gasteiger partial charge in [-0.25, -0.2) is 0 Å². The average Bonchev–Trinajstić information content (AvgIpc) is 2.66. The number of hydrogen-bond donors (Lipinski definition) is 1. The Morgan fingerprint density at radius 3 is 2.95 bits per heavy atom. The lowest BCUT2D eigenvalue weighted by atomic mass is 9.74. The van der Waals surface area contributed by atoms with E-state index in [4.69, 9.17) is 4.42 Å². The normalized spacial score (nSPS) is 22.7. The molecule has 1 heterocycles. The smallest absolute Gasteiger partial charge is 0.234 e. The van der Waals surface area contributed by atoms with Gasteiger partial charge in [-0.05, 0) is 31.2 Å². The Kier molecular flexibility index (Phi) is 4.09. The first-order valence-electron chi connectivity index (χ1n) is 6.86. The summed E-state index contributed by atoms with van der Waals surface area (Å²) in [5.41, 5.74) is 1.31. The molecule has 3 nitrogen and oxygen atoms in total. The monoisotopic (exact) mass is 327 g/mol. The lowest BCUT2D eigenvalue weighted by Gasteiger charge is -2.35. The van der Waals surface area contributed by atoms with Crippen LogP contribution in [0.1, 0.15) is 56.7 Å². The van der Waals surface area contributed by atoms with Gasteiger partial charge in [-0.2, -0.15) is 0 Å². The van der Waals surface area contributed by atoms with Gasteiger partial charge < -0.3 is 9.73 Å². The van der Waals surface area contributed by atoms with Crippen molar-refractivity contribution in [2.24, 2.45) is 5.41 Å². The number of halogens is 1. The van der Waals surface area contributed by atoms with Gasteiger partial charge in [0, 0.05) is 12.0 Å². The highest BCUT2D eigenvalue weighted by molar-refractivity contribution is 9.10. The predicted octanol–water partition coefficient (Wildman–Crippen LogP) is 3.89. The highest BCUT2D eigenvalue weighted by atomic mass is 79.9. The summed E-state index contributed by atoms with van der Waals surface area (Å²) in [7, 11) is 0. The molecule has 1 N–H and O–H groups in total. The van der Waals surface area contributed by atoms with Crippen molar-refractivity contribution in [3.8, 4) is 0 Å². The average molecular weight is 328 g/mol. The molecule has 1 aromatic heterocycles. The lowest BCUT2D eigenvalue weighted by molar-refractivity contribution is -0.121. The summed E-state index contributed by atoms with van der Waals surface area (Å²) in [6.07, 6.45) is 2.68. The lowest BCUT2D eigenvalue weighted by Crippen LogP contribution is -2.39. The van der Waals surface area contributed by atoms with Gasteiger partial charge >= 0.3 is 0 Å². The van der Waals surface area contributed by atoms with Crippen molar-refractivity contribution < 1.29 is 9.21 Å². The van der Waals surface area contributed by atoms with Crippen LogP contribution in [0.3, 0.4) is 0 Å². The zero-order chi connectivity index (χ0) is 14.2. The van der Waals surface area contributed by atoms with Crippen molar-refractivity contribution in [1.29, 1.82) is 0 Å². The number of amides is 1. The van der Waals surface area contributed by atoms with Crippen LogP contribution in [0.2, 0.25) is 0 Å². The molecule has 0 spiro atoms. The summed E-state index contributed by atoms with van der Waals surface area (Å²) < 4.78 is 5.78. The van der Waals surface area contributed by atoms with Gasteiger partial charge in [0.2, 0.25) is 5.91 Å². The van der Waals surface area contributed by atoms with Crippen LogP contribution in [-0.4, -0.2) is 10.7 Å². The Bertz CT molecular complexity index is 478. The number of nitrogens with one attached hydrogen (secondary N) is 1. The Hall–Kier alpha value is -0.770. The van der Waals surface area contributed by atoms with E-state index in [0.29, 0.717) is 0 Å². The fraction of sp³-hybridized carbons (Fsp3) is 0.667. The maximum atomic E-state index is 12.1. The summed E-state index contributed by atoms with van der Waals surface area (Å²) in [5, 5.41) is 3.15. The number of aryl methyl sites for hydroxylation is 1. The Morgan fingerprint density at radius 1 is 1.63 bits per heavy atom. The van der Waals surface area contributed by atoms with E-state index >= 15 is 0 Å². The van der Waals surface area contributed by atoms with Crippen LogP contribution in [0.25, 0.3) is 0 Å². The van der Waals surface area contributed by atoms with E-state index in [0.717, 1.165) is 36.3 Å². The molecule has 0 aliphatic heterocycles. The van der Waals surface area contributed by atoms with Gasteiger partial charge in [0.15, 0.2) is 0 Å². The van der Waals surface area contributed by atoms with Gasteiger partial charge in [0.1, 0.15) is 11.5 Å². The topological polar surface area (TPSA) is 42.2 Å². The SMILES string of the molecule is CCC(Br)C(=O)NC1CC(C)(C)Cc2oc(C)cc21. The molecule has 0 fully saturated rings. The molecule has 0 saturated heterocycles. The molecule has 2 atom stereocenters. The van der Waals surface area contributed by atoms with Crippen LogP contribution >= 0.6 is 15.9 Å². The Balaban J connectivity index is 2.22. The van der Waals surface area contributed by atoms with Gasteiger partial charge in [-0.1, -0.05) is 36.7 Å². The highest BCUT2D eigenvalue weighted by Gasteiger charge is 2.36. The first kappa shape index (κ1) is 14.6. The van der Waals surface area contributed by atoms with Crippen molar-refractivity contribution in [2.45, 2.75) is 57.8 Å². The molecule has 0 aromatic carbocycles. The van der Waals surface area contributed by atoms with E-state index in [1.54, 1.807) is 0 Å². The molecule has 0 bridgehead atoms. The van der Waals surface area contributed by atoms with E-state index in [2.05, 4.69) is 41.2 Å². The van der Waals surface area contributed by atoms with Crippen LogP contribution < -0.4 is 5.32 Å². The molecule has 4 heteroatoms. The number of carbonyl (C=O) groups is 1. The van der Waals surface area contributed by atoms with E-state index in [9.17, 15) is 4.79 Å². The number of fused-ring (bicyclic) bond motifs is 1.